The maximum Gasteiger partial charge on any atom is 0.107 e. The quantitative estimate of drug-likeness (QED) is 0.677. The van der Waals surface area contributed by atoms with E-state index < -0.39 is 0 Å². The molecule has 0 amide bonds. The maximum atomic E-state index is 4.67. The van der Waals surface area contributed by atoms with Crippen LogP contribution in [0.1, 0.15) is 49.2 Å². The van der Waals surface area contributed by atoms with Crippen LogP contribution >= 0.6 is 0 Å². The fraction of sp³-hybridized carbons (Fsp3) is 0.667. The molecular formula is C12H17N3. The van der Waals surface area contributed by atoms with Crippen LogP contribution in [-0.4, -0.2) is 23.0 Å². The Balaban J connectivity index is 2.13. The molecule has 0 aromatic carbocycles. The summed E-state index contributed by atoms with van der Waals surface area (Å²) in [6, 6.07) is 0.468. The largest absolute Gasteiger partial charge is 0.294 e. The van der Waals surface area contributed by atoms with E-state index in [1.165, 1.54) is 24.1 Å². The molecule has 2 unspecified atom stereocenters. The first-order valence-corrected chi connectivity index (χ1v) is 5.75. The zero-order chi connectivity index (χ0) is 10.6. The molecule has 1 aromatic heterocycles. The Morgan fingerprint density at radius 2 is 2.33 bits per heavy atom. The third-order valence-electron chi connectivity index (χ3n) is 3.57. The van der Waals surface area contributed by atoms with E-state index in [1.807, 2.05) is 13.3 Å². The van der Waals surface area contributed by atoms with Crippen LogP contribution in [0.25, 0.3) is 0 Å². The van der Waals surface area contributed by atoms with Crippen LogP contribution in [0, 0.1) is 5.92 Å². The van der Waals surface area contributed by atoms with Gasteiger partial charge in [0.2, 0.25) is 0 Å². The molecule has 2 aliphatic carbocycles. The van der Waals surface area contributed by atoms with Gasteiger partial charge in [-0.1, -0.05) is 0 Å². The minimum Gasteiger partial charge on any atom is -0.294 e. The highest BCUT2D eigenvalue weighted by molar-refractivity contribution is 5.80. The van der Waals surface area contributed by atoms with E-state index in [0.29, 0.717) is 6.04 Å². The summed E-state index contributed by atoms with van der Waals surface area (Å²) in [5, 5.41) is 4.67. The van der Waals surface area contributed by atoms with Gasteiger partial charge in [0.25, 0.3) is 0 Å². The molecule has 0 saturated heterocycles. The Bertz CT molecular complexity index is 428. The average Bonchev–Trinajstić information content (AvgIpc) is 2.71. The first-order valence-electron chi connectivity index (χ1n) is 5.75. The molecule has 0 bridgehead atoms. The van der Waals surface area contributed by atoms with Crippen molar-refractivity contribution in [1.29, 1.82) is 0 Å². The zero-order valence-corrected chi connectivity index (χ0v) is 9.57. The molecular weight excluding hydrogens is 186 g/mol. The van der Waals surface area contributed by atoms with E-state index in [-0.39, 0.29) is 0 Å². The molecule has 3 nitrogen and oxygen atoms in total. The van der Waals surface area contributed by atoms with Crippen molar-refractivity contribution in [2.45, 2.75) is 38.6 Å². The number of aliphatic imine (C=N–C) groups is 1. The highest BCUT2D eigenvalue weighted by Gasteiger charge is 2.48. The first-order chi connectivity index (χ1) is 7.22. The maximum absolute atomic E-state index is 4.67. The van der Waals surface area contributed by atoms with Gasteiger partial charge in [-0.2, -0.15) is 5.10 Å². The molecule has 0 N–H and O–H groups in total. The van der Waals surface area contributed by atoms with Crippen molar-refractivity contribution in [3.63, 3.8) is 0 Å². The van der Waals surface area contributed by atoms with Crippen molar-refractivity contribution in [3.8, 4) is 0 Å². The highest BCUT2D eigenvalue weighted by atomic mass is 15.3. The number of fused-ring (bicyclic) bond motifs is 3. The zero-order valence-electron chi connectivity index (χ0n) is 9.57. The second-order valence-electron chi connectivity index (χ2n) is 4.98. The topological polar surface area (TPSA) is 30.2 Å². The summed E-state index contributed by atoms with van der Waals surface area (Å²) in [4.78, 5) is 4.11. The molecule has 0 radical (unpaired) electrons. The summed E-state index contributed by atoms with van der Waals surface area (Å²) in [6.07, 6.45) is 4.53. The molecule has 0 aliphatic heterocycles. The molecule has 2 atom stereocenters. The Morgan fingerprint density at radius 1 is 1.53 bits per heavy atom. The normalized spacial score (nSPS) is 27.5. The summed E-state index contributed by atoms with van der Waals surface area (Å²) in [6.45, 7) is 4.40. The van der Waals surface area contributed by atoms with Crippen molar-refractivity contribution in [2.75, 3.05) is 7.05 Å². The molecule has 2 aliphatic rings. The average molecular weight is 203 g/mol. The van der Waals surface area contributed by atoms with E-state index in [9.17, 15) is 0 Å². The van der Waals surface area contributed by atoms with E-state index >= 15 is 0 Å². The van der Waals surface area contributed by atoms with Gasteiger partial charge in [-0.25, -0.2) is 0 Å². The predicted molar refractivity (Wildman–Crippen MR) is 60.7 cm³/mol. The Kier molecular flexibility index (Phi) is 1.79. The number of nitrogens with zero attached hydrogens (tertiary/aromatic N) is 3. The predicted octanol–water partition coefficient (Wildman–Crippen LogP) is 2.17. The Labute approximate surface area is 90.2 Å². The van der Waals surface area contributed by atoms with Crippen molar-refractivity contribution in [2.24, 2.45) is 10.9 Å². The molecule has 3 rings (SSSR count). The van der Waals surface area contributed by atoms with E-state index in [1.54, 1.807) is 0 Å². The van der Waals surface area contributed by atoms with Crippen LogP contribution < -0.4 is 0 Å². The van der Waals surface area contributed by atoms with Crippen molar-refractivity contribution in [1.82, 2.24) is 9.78 Å². The summed E-state index contributed by atoms with van der Waals surface area (Å²) >= 11 is 0. The van der Waals surface area contributed by atoms with Crippen LogP contribution in [-0.2, 0) is 6.42 Å². The molecule has 3 heteroatoms. The monoisotopic (exact) mass is 203 g/mol. The fourth-order valence-corrected chi connectivity index (χ4v) is 2.83. The lowest BCUT2D eigenvalue weighted by atomic mass is 10.1. The molecule has 1 fully saturated rings. The Hall–Kier alpha value is -1.12. The van der Waals surface area contributed by atoms with Gasteiger partial charge in [0.05, 0.1) is 0 Å². The van der Waals surface area contributed by atoms with Crippen LogP contribution in [0.5, 0.6) is 0 Å². The van der Waals surface area contributed by atoms with Gasteiger partial charge in [0.1, 0.15) is 5.69 Å². The van der Waals surface area contributed by atoms with Gasteiger partial charge < -0.3 is 0 Å². The smallest absolute Gasteiger partial charge is 0.107 e. The standard InChI is InChI=1S/C12H17N3/c1-7(2)15-11-5-8-4-9(8)12(11)10(14-15)6-13-3/h6-9H,4-5H2,1-3H3. The first kappa shape index (κ1) is 9.13. The summed E-state index contributed by atoms with van der Waals surface area (Å²) < 4.78 is 2.19. The van der Waals surface area contributed by atoms with Gasteiger partial charge in [-0.05, 0) is 38.5 Å². The summed E-state index contributed by atoms with van der Waals surface area (Å²) in [5.74, 6) is 1.73. The van der Waals surface area contributed by atoms with Crippen molar-refractivity contribution < 1.29 is 0 Å². The second kappa shape index (κ2) is 2.94. The SMILES string of the molecule is CN=Cc1nn(C(C)C)c2c1C1CC1C2. The molecule has 0 spiro atoms. The van der Waals surface area contributed by atoms with Gasteiger partial charge >= 0.3 is 0 Å². The molecule has 1 aromatic rings. The lowest BCUT2D eigenvalue weighted by Crippen LogP contribution is -2.07. The summed E-state index contributed by atoms with van der Waals surface area (Å²) in [5.41, 5.74) is 4.09. The highest BCUT2D eigenvalue weighted by Crippen LogP contribution is 2.57. The molecule has 80 valence electrons. The molecule has 1 heterocycles. The van der Waals surface area contributed by atoms with Crippen LogP contribution in [0.2, 0.25) is 0 Å². The third kappa shape index (κ3) is 1.18. The van der Waals surface area contributed by atoms with Crippen molar-refractivity contribution >= 4 is 6.21 Å². The summed E-state index contributed by atoms with van der Waals surface area (Å²) in [7, 11) is 1.82. The minimum atomic E-state index is 0.468. The van der Waals surface area contributed by atoms with Crippen LogP contribution in [0.15, 0.2) is 4.99 Å². The fourth-order valence-electron chi connectivity index (χ4n) is 2.83. The van der Waals surface area contributed by atoms with E-state index in [0.717, 1.165) is 17.5 Å². The van der Waals surface area contributed by atoms with Gasteiger partial charge in [-0.15, -0.1) is 0 Å². The second-order valence-corrected chi connectivity index (χ2v) is 4.98. The lowest BCUT2D eigenvalue weighted by Gasteiger charge is -2.09. The lowest BCUT2D eigenvalue weighted by molar-refractivity contribution is 0.505. The molecule has 15 heavy (non-hydrogen) atoms. The number of aromatic nitrogens is 2. The molecule has 1 saturated carbocycles. The number of hydrogen-bond acceptors (Lipinski definition) is 2. The number of rotatable bonds is 2. The van der Waals surface area contributed by atoms with Crippen LogP contribution in [0.4, 0.5) is 0 Å². The third-order valence-corrected chi connectivity index (χ3v) is 3.57. The minimum absolute atomic E-state index is 0.468. The van der Waals surface area contributed by atoms with E-state index in [2.05, 4.69) is 28.6 Å². The van der Waals surface area contributed by atoms with Gasteiger partial charge in [0, 0.05) is 30.6 Å². The Morgan fingerprint density at radius 3 is 3.00 bits per heavy atom. The van der Waals surface area contributed by atoms with E-state index in [4.69, 9.17) is 0 Å². The van der Waals surface area contributed by atoms with Crippen molar-refractivity contribution in [3.05, 3.63) is 17.0 Å². The van der Waals surface area contributed by atoms with Gasteiger partial charge in [-0.3, -0.25) is 9.67 Å². The number of hydrogen-bond donors (Lipinski definition) is 0. The van der Waals surface area contributed by atoms with Gasteiger partial charge in [0.15, 0.2) is 0 Å². The van der Waals surface area contributed by atoms with Crippen LogP contribution in [0.3, 0.4) is 0 Å².